The lowest BCUT2D eigenvalue weighted by atomic mass is 9.93. The van der Waals surface area contributed by atoms with E-state index in [4.69, 9.17) is 30.9 Å². The monoisotopic (exact) mass is 1290 g/mol. The predicted molar refractivity (Wildman–Crippen MR) is 350 cm³/mol. The molecule has 3 fully saturated rings. The van der Waals surface area contributed by atoms with Crippen molar-refractivity contribution < 1.29 is 48.1 Å². The van der Waals surface area contributed by atoms with Crippen molar-refractivity contribution in [3.63, 3.8) is 0 Å². The summed E-state index contributed by atoms with van der Waals surface area (Å²) >= 11 is 5.09. The normalized spacial score (nSPS) is 18.7. The van der Waals surface area contributed by atoms with E-state index < -0.39 is 18.8 Å². The number of pyridine rings is 1. The van der Waals surface area contributed by atoms with E-state index in [1.807, 2.05) is 41.1 Å². The highest BCUT2D eigenvalue weighted by Crippen LogP contribution is 2.44. The van der Waals surface area contributed by atoms with Gasteiger partial charge in [0.2, 0.25) is 23.6 Å². The van der Waals surface area contributed by atoms with Crippen LogP contribution in [0, 0.1) is 19.8 Å². The van der Waals surface area contributed by atoms with E-state index in [0.29, 0.717) is 116 Å². The number of carbonyl (C=O) groups is 5. The van der Waals surface area contributed by atoms with Gasteiger partial charge in [0.25, 0.3) is 0 Å². The highest BCUT2D eigenvalue weighted by atomic mass is 32.5. The van der Waals surface area contributed by atoms with E-state index in [1.165, 1.54) is 5.56 Å². The van der Waals surface area contributed by atoms with Crippen LogP contribution in [0.1, 0.15) is 175 Å². The fourth-order valence-corrected chi connectivity index (χ4v) is 14.1. The number of carboxylic acids is 1. The zero-order chi connectivity index (χ0) is 63.8. The van der Waals surface area contributed by atoms with Crippen molar-refractivity contribution in [2.75, 3.05) is 95.4 Å². The maximum Gasteiger partial charge on any atom is 0.324 e. The Morgan fingerprint density at radius 2 is 1.57 bits per heavy atom. The second kappa shape index (κ2) is 35.8. The first kappa shape index (κ1) is 70.0. The van der Waals surface area contributed by atoms with Crippen molar-refractivity contribution in [2.24, 2.45) is 5.92 Å². The number of β-amino-alcohol motifs (C(OH)–C–C–N with tert-alkyl or cyclic N) is 1. The molecule has 23 nitrogen and oxygen atoms in total. The number of carbonyl (C=O) groups excluding carboxylic acids is 4. The minimum absolute atomic E-state index is 0.0172. The zero-order valence-electron chi connectivity index (χ0n) is 53.5. The lowest BCUT2D eigenvalue weighted by molar-refractivity contribution is -0.137. The van der Waals surface area contributed by atoms with Crippen molar-refractivity contribution in [1.82, 2.24) is 55.1 Å². The molecule has 2 unspecified atom stereocenters. The Labute approximate surface area is 537 Å². The van der Waals surface area contributed by atoms with Crippen LogP contribution in [-0.2, 0) is 70.6 Å². The number of fused-ring (bicyclic) bond motifs is 1. The van der Waals surface area contributed by atoms with Crippen LogP contribution in [0.4, 0.5) is 11.5 Å². The quantitative estimate of drug-likeness (QED) is 0.0187. The van der Waals surface area contributed by atoms with Gasteiger partial charge in [0.1, 0.15) is 5.82 Å². The molecule has 5 atom stereocenters. The molecule has 0 radical (unpaired) electrons. The number of unbranched alkanes of at least 4 members (excludes halogenated alkanes) is 6. The molecule has 1 aromatic carbocycles. The zero-order valence-corrected chi connectivity index (χ0v) is 55.3. The second-order valence-electron chi connectivity index (χ2n) is 25.2. The van der Waals surface area contributed by atoms with Gasteiger partial charge in [-0.15, -0.1) is 5.10 Å². The molecule has 4 aliphatic rings. The number of aliphatic carboxylic acids is 1. The van der Waals surface area contributed by atoms with Crippen molar-refractivity contribution in [1.29, 1.82) is 0 Å². The summed E-state index contributed by atoms with van der Waals surface area (Å²) < 4.78 is 14.7. The molecule has 4 aromatic rings. The number of aliphatic hydroxyl groups excluding tert-OH is 1. The van der Waals surface area contributed by atoms with Crippen molar-refractivity contribution in [3.05, 3.63) is 76.5 Å². The molecule has 6 N–H and O–H groups in total. The Hall–Kier alpha value is -5.88. The summed E-state index contributed by atoms with van der Waals surface area (Å²) in [7, 11) is 0. The van der Waals surface area contributed by atoms with Crippen LogP contribution in [0.15, 0.2) is 42.6 Å². The summed E-state index contributed by atoms with van der Waals surface area (Å²) in [5.74, 6) is 0.421. The van der Waals surface area contributed by atoms with Crippen LogP contribution in [0.5, 0.6) is 0 Å². The van der Waals surface area contributed by atoms with Gasteiger partial charge in [-0.1, -0.05) is 43.9 Å². The maximum atomic E-state index is 13.5. The number of aromatic nitrogens is 6. The number of hydrogen-bond donors (Lipinski definition) is 6. The third-order valence-corrected chi connectivity index (χ3v) is 19.5. The van der Waals surface area contributed by atoms with E-state index >= 15 is 0 Å². The highest BCUT2D eigenvalue weighted by molar-refractivity contribution is 8.07. The number of aliphatic hydroxyl groups is 1. The largest absolute Gasteiger partial charge is 0.481 e. The first-order valence-electron chi connectivity index (χ1n) is 33.4. The SMILES string of the molecule is CCCCOP(O)(=S)OC[C@@H]1C[C@@H](O)CN1C(=O)CCCCCNC(=O)CCCc1cnnn1CCCCCCNC(=O)CCCC(=O)N1CCN(c2cc([C@H](CC(=O)O)CN3CCC(CCc4ccc5c(n4)NCCC5)C3)cc(-n3nc(C)cc3C)c2)CC1. The van der Waals surface area contributed by atoms with Crippen LogP contribution >= 0.6 is 6.72 Å². The average molecular weight is 1290 g/mol. The van der Waals surface area contributed by atoms with Gasteiger partial charge in [-0.2, -0.15) is 5.10 Å². The van der Waals surface area contributed by atoms with Crippen LogP contribution in [0.2, 0.25) is 0 Å². The summed E-state index contributed by atoms with van der Waals surface area (Å²) in [6, 6.07) is 12.5. The van der Waals surface area contributed by atoms with Crippen molar-refractivity contribution in [3.8, 4) is 5.69 Å². The van der Waals surface area contributed by atoms with Gasteiger partial charge in [0.05, 0.1) is 55.1 Å². The molecule has 90 heavy (non-hydrogen) atoms. The van der Waals surface area contributed by atoms with E-state index in [2.05, 4.69) is 66.4 Å². The lowest BCUT2D eigenvalue weighted by Crippen LogP contribution is -2.48. The smallest absolute Gasteiger partial charge is 0.324 e. The van der Waals surface area contributed by atoms with Gasteiger partial charge in [-0.05, 0) is 169 Å². The topological polar surface area (TPSA) is 275 Å². The summed E-state index contributed by atoms with van der Waals surface area (Å²) in [5, 5.41) is 43.2. The number of aryl methyl sites for hydroxylation is 6. The fourth-order valence-electron chi connectivity index (χ4n) is 12.9. The van der Waals surface area contributed by atoms with Gasteiger partial charge < -0.3 is 59.7 Å². The Morgan fingerprint density at radius 1 is 0.822 bits per heavy atom. The average Bonchev–Trinajstić information content (AvgIpc) is 3.97. The third kappa shape index (κ3) is 22.5. The Kier molecular flexibility index (Phi) is 27.8. The summed E-state index contributed by atoms with van der Waals surface area (Å²) in [5.41, 5.74) is 8.19. The molecule has 0 saturated carbocycles. The van der Waals surface area contributed by atoms with E-state index in [1.54, 1.807) is 11.1 Å². The molecule has 0 aliphatic carbocycles. The molecule has 25 heteroatoms. The molecular weight excluding hydrogens is 1190 g/mol. The number of likely N-dealkylation sites (tertiary alicyclic amines) is 2. The summed E-state index contributed by atoms with van der Waals surface area (Å²) in [4.78, 5) is 87.8. The number of amides is 4. The molecule has 496 valence electrons. The molecule has 7 heterocycles. The molecule has 8 rings (SSSR count). The van der Waals surface area contributed by atoms with Crippen LogP contribution in [-0.4, -0.2) is 187 Å². The van der Waals surface area contributed by atoms with E-state index in [0.717, 1.165) is 155 Å². The minimum Gasteiger partial charge on any atom is -0.481 e. The number of piperazine rings is 1. The van der Waals surface area contributed by atoms with Crippen LogP contribution in [0.3, 0.4) is 0 Å². The summed E-state index contributed by atoms with van der Waals surface area (Å²) in [6.45, 7) is 10.9. The van der Waals surface area contributed by atoms with Gasteiger partial charge in [0.15, 0.2) is 0 Å². The van der Waals surface area contributed by atoms with E-state index in [9.17, 15) is 39.1 Å². The molecule has 4 amide bonds. The molecule has 0 bridgehead atoms. The minimum atomic E-state index is -3.40. The van der Waals surface area contributed by atoms with E-state index in [-0.39, 0.29) is 55.2 Å². The maximum absolute atomic E-state index is 13.5. The Bertz CT molecular complexity index is 3010. The molecule has 3 saturated heterocycles. The van der Waals surface area contributed by atoms with Gasteiger partial charge in [-0.3, -0.25) is 24.0 Å². The van der Waals surface area contributed by atoms with Gasteiger partial charge >= 0.3 is 12.7 Å². The highest BCUT2D eigenvalue weighted by Gasteiger charge is 2.36. The number of hydrogen-bond acceptors (Lipinski definition) is 16. The fraction of sp³-hybridized carbons (Fsp3) is 0.677. The number of carboxylic acid groups (broad SMARTS) is 1. The van der Waals surface area contributed by atoms with Gasteiger partial charge in [-0.25, -0.2) is 14.3 Å². The number of anilines is 2. The summed E-state index contributed by atoms with van der Waals surface area (Å²) in [6.07, 6.45) is 17.4. The van der Waals surface area contributed by atoms with Gasteiger partial charge in [0, 0.05) is 121 Å². The number of nitrogens with zero attached hydrogens (tertiary/aromatic N) is 10. The molecule has 4 aliphatic heterocycles. The van der Waals surface area contributed by atoms with Crippen LogP contribution < -0.4 is 20.9 Å². The number of rotatable bonds is 38. The first-order chi connectivity index (χ1) is 43.5. The lowest BCUT2D eigenvalue weighted by Gasteiger charge is -2.37. The standard InChI is InChI=1S/C65H100N13O10PS/c1-4-5-36-87-89(86,90)88-47-58-42-59(79)46-76(58)63(83)20-9-8-11-28-67-60(80)18-13-17-55-43-69-72-77(55)30-12-7-6-10-27-66-61(81)19-14-21-62(82)75-34-32-74(33-35-75)56-38-52(39-57(41-56)78-49(3)37-48(2)71-78)53(40-64(84)85)45-73-31-26-50(44-73)22-24-54-25-23-51-16-15-29-68-65(51)70-54/h23,25,37-39,41,43,50,53,58-59,79H,4-22,24,26-36,40,42,44-47H2,1-3H3,(H,66,81)(H,67,80)(H,68,70)(H,84,85)(H,86,90)/t50?,53-,58+,59-,89?/m1/s1. The number of nitrogens with one attached hydrogen (secondary N) is 3. The Balaban J connectivity index is 0.667. The van der Waals surface area contributed by atoms with Crippen molar-refractivity contribution in [2.45, 2.75) is 193 Å². The second-order valence-corrected chi connectivity index (χ2v) is 28.0. The number of benzene rings is 1. The third-order valence-electron chi connectivity index (χ3n) is 17.9. The Morgan fingerprint density at radius 3 is 2.32 bits per heavy atom. The molecule has 0 spiro atoms. The van der Waals surface area contributed by atoms with Crippen molar-refractivity contribution >= 4 is 59.6 Å². The first-order valence-corrected chi connectivity index (χ1v) is 36.0. The predicted octanol–water partition coefficient (Wildman–Crippen LogP) is 7.55. The molecule has 3 aromatic heterocycles. The molecular formula is C65H100N13O10PS. The van der Waals surface area contributed by atoms with Crippen LogP contribution in [0.25, 0.3) is 5.69 Å².